The minimum Gasteiger partial charge on any atom is -0.378 e. The highest BCUT2D eigenvalue weighted by molar-refractivity contribution is 7.91. The Kier molecular flexibility index (Phi) is 10.4. The zero-order valence-electron chi connectivity index (χ0n) is 24.2. The molecule has 1 aliphatic carbocycles. The van der Waals surface area contributed by atoms with E-state index in [0.29, 0.717) is 61.5 Å². The molecule has 0 bridgehead atoms. The zero-order valence-corrected chi connectivity index (χ0v) is 25.8. The Labute approximate surface area is 257 Å². The molecule has 3 fully saturated rings. The number of ether oxygens (including phenoxy) is 1. The lowest BCUT2D eigenvalue weighted by molar-refractivity contribution is 0.122. The van der Waals surface area contributed by atoms with Crippen LogP contribution in [0.4, 0.5) is 20.5 Å². The number of likely N-dealkylation sites (tertiary alicyclic amines) is 1. The molecule has 14 heteroatoms. The van der Waals surface area contributed by atoms with Crippen molar-refractivity contribution in [3.63, 3.8) is 0 Å². The predicted molar refractivity (Wildman–Crippen MR) is 166 cm³/mol. The summed E-state index contributed by atoms with van der Waals surface area (Å²) < 4.78 is 60.8. The number of benzene rings is 1. The van der Waals surface area contributed by atoms with E-state index in [4.69, 9.17) is 14.7 Å². The third kappa shape index (κ3) is 7.73. The number of sulfone groups is 1. The molecule has 0 radical (unpaired) electrons. The van der Waals surface area contributed by atoms with Crippen molar-refractivity contribution >= 4 is 45.0 Å². The maximum absolute atomic E-state index is 14.1. The molecule has 236 valence electrons. The van der Waals surface area contributed by atoms with Crippen molar-refractivity contribution in [2.75, 3.05) is 67.7 Å². The second-order valence-electron chi connectivity index (χ2n) is 11.6. The van der Waals surface area contributed by atoms with E-state index in [0.717, 1.165) is 51.6 Å². The number of aromatic nitrogens is 4. The summed E-state index contributed by atoms with van der Waals surface area (Å²) in [4.78, 5) is 18.0. The van der Waals surface area contributed by atoms with Gasteiger partial charge in [-0.3, -0.25) is 4.57 Å². The standard InChI is InChI=1S/C29H39F2N7O3S.ClH/c30-27(31)28-33-23-5-1-2-6-24(23)38(28)26-19-25(34-29(35-26)37-13-16-41-17-14-37)32-22-9-7-21(8-10-22)20-42(39,40)18-15-36-11-3-4-12-36;/h1-2,5-6,19,21-22,27H,3-4,7-18,20H2,(H,32,34,35);1H. The Morgan fingerprint density at radius 3 is 2.42 bits per heavy atom. The molecule has 2 aromatic heterocycles. The first-order chi connectivity index (χ1) is 20.3. The normalized spacial score (nSPS) is 21.8. The largest absolute Gasteiger partial charge is 0.378 e. The van der Waals surface area contributed by atoms with Crippen molar-refractivity contribution in [1.82, 2.24) is 24.4 Å². The number of nitrogens with one attached hydrogen (secondary N) is 1. The quantitative estimate of drug-likeness (QED) is 0.343. The number of fused-ring (bicyclic) bond motifs is 1. The number of alkyl halides is 2. The fraction of sp³-hybridized carbons (Fsp3) is 0.621. The maximum Gasteiger partial charge on any atom is 0.296 e. The van der Waals surface area contributed by atoms with Crippen LogP contribution in [0.1, 0.15) is 50.8 Å². The Hall–Kier alpha value is -2.61. The monoisotopic (exact) mass is 639 g/mol. The second-order valence-corrected chi connectivity index (χ2v) is 13.9. The molecule has 1 N–H and O–H groups in total. The summed E-state index contributed by atoms with van der Waals surface area (Å²) in [7, 11) is -3.09. The Balaban J connectivity index is 0.00000368. The van der Waals surface area contributed by atoms with Gasteiger partial charge < -0.3 is 19.9 Å². The van der Waals surface area contributed by atoms with E-state index in [-0.39, 0.29) is 41.7 Å². The number of imidazole rings is 1. The first-order valence-electron chi connectivity index (χ1n) is 15.0. The minimum absolute atomic E-state index is 0. The summed E-state index contributed by atoms with van der Waals surface area (Å²) in [5.41, 5.74) is 1.03. The maximum atomic E-state index is 14.1. The number of nitrogens with zero attached hydrogens (tertiary/aromatic N) is 6. The molecule has 4 heterocycles. The lowest BCUT2D eigenvalue weighted by Crippen LogP contribution is -2.38. The number of anilines is 2. The first-order valence-corrected chi connectivity index (χ1v) is 16.8. The second kappa shape index (κ2) is 14.0. The topological polar surface area (TPSA) is 105 Å². The molecule has 3 aromatic rings. The molecule has 6 rings (SSSR count). The molecular formula is C29H40ClF2N7O3S. The van der Waals surface area contributed by atoms with Crippen molar-refractivity contribution in [1.29, 1.82) is 0 Å². The van der Waals surface area contributed by atoms with Gasteiger partial charge in [-0.2, -0.15) is 9.97 Å². The SMILES string of the molecule is Cl.O=S(=O)(CCN1CCCC1)CC1CCC(Nc2cc(-n3c(C(F)F)nc4ccccc43)nc(N3CCOCC3)n2)CC1. The van der Waals surface area contributed by atoms with Crippen molar-refractivity contribution in [3.05, 3.63) is 36.2 Å². The van der Waals surface area contributed by atoms with E-state index in [1.807, 2.05) is 4.90 Å². The van der Waals surface area contributed by atoms with Gasteiger partial charge in [-0.15, -0.1) is 12.4 Å². The van der Waals surface area contributed by atoms with Gasteiger partial charge in [0.15, 0.2) is 15.7 Å². The molecule has 2 saturated heterocycles. The zero-order chi connectivity index (χ0) is 29.1. The van der Waals surface area contributed by atoms with Gasteiger partial charge in [0.05, 0.1) is 35.8 Å². The minimum atomic E-state index is -3.09. The van der Waals surface area contributed by atoms with Crippen LogP contribution in [0.15, 0.2) is 30.3 Å². The molecule has 0 unspecified atom stereocenters. The highest BCUT2D eigenvalue weighted by Crippen LogP contribution is 2.31. The lowest BCUT2D eigenvalue weighted by atomic mass is 9.87. The van der Waals surface area contributed by atoms with E-state index in [2.05, 4.69) is 15.2 Å². The summed E-state index contributed by atoms with van der Waals surface area (Å²) >= 11 is 0. The van der Waals surface area contributed by atoms with Crippen molar-refractivity contribution in [2.45, 2.75) is 51.0 Å². The molecule has 2 aliphatic heterocycles. The van der Waals surface area contributed by atoms with E-state index < -0.39 is 16.3 Å². The third-order valence-electron chi connectivity index (χ3n) is 8.61. The molecule has 0 amide bonds. The van der Waals surface area contributed by atoms with Crippen molar-refractivity contribution < 1.29 is 21.9 Å². The van der Waals surface area contributed by atoms with Gasteiger partial charge in [-0.1, -0.05) is 12.1 Å². The van der Waals surface area contributed by atoms with Crippen LogP contribution in [0.5, 0.6) is 0 Å². The van der Waals surface area contributed by atoms with Crippen LogP contribution < -0.4 is 10.2 Å². The van der Waals surface area contributed by atoms with Crippen LogP contribution in [0.2, 0.25) is 0 Å². The van der Waals surface area contributed by atoms with E-state index in [1.54, 1.807) is 30.3 Å². The average Bonchev–Trinajstić information content (AvgIpc) is 3.66. The van der Waals surface area contributed by atoms with Gasteiger partial charge >= 0.3 is 0 Å². The number of morpholine rings is 1. The van der Waals surface area contributed by atoms with Crippen LogP contribution in [-0.4, -0.2) is 96.3 Å². The predicted octanol–water partition coefficient (Wildman–Crippen LogP) is 4.49. The number of halogens is 3. The van der Waals surface area contributed by atoms with Gasteiger partial charge in [-0.25, -0.2) is 22.2 Å². The first kappa shape index (κ1) is 31.8. The van der Waals surface area contributed by atoms with Gasteiger partial charge in [-0.05, 0) is 69.7 Å². The number of rotatable bonds is 10. The Morgan fingerprint density at radius 2 is 1.70 bits per heavy atom. The Bertz CT molecular complexity index is 1470. The van der Waals surface area contributed by atoms with Crippen LogP contribution >= 0.6 is 12.4 Å². The molecule has 43 heavy (non-hydrogen) atoms. The van der Waals surface area contributed by atoms with Gasteiger partial charge in [0, 0.05) is 31.7 Å². The highest BCUT2D eigenvalue weighted by atomic mass is 35.5. The number of para-hydroxylation sites is 2. The number of hydrogen-bond acceptors (Lipinski definition) is 9. The Morgan fingerprint density at radius 1 is 0.977 bits per heavy atom. The van der Waals surface area contributed by atoms with E-state index in [9.17, 15) is 17.2 Å². The smallest absolute Gasteiger partial charge is 0.296 e. The highest BCUT2D eigenvalue weighted by Gasteiger charge is 2.28. The lowest BCUT2D eigenvalue weighted by Gasteiger charge is -2.30. The third-order valence-corrected chi connectivity index (χ3v) is 10.4. The van der Waals surface area contributed by atoms with Gasteiger partial charge in [0.1, 0.15) is 11.6 Å². The fourth-order valence-electron chi connectivity index (χ4n) is 6.35. The molecule has 1 aromatic carbocycles. The summed E-state index contributed by atoms with van der Waals surface area (Å²) in [6, 6.07) is 8.85. The summed E-state index contributed by atoms with van der Waals surface area (Å²) in [5.74, 6) is 1.62. The van der Waals surface area contributed by atoms with E-state index >= 15 is 0 Å². The molecule has 0 atom stereocenters. The van der Waals surface area contributed by atoms with E-state index in [1.165, 1.54) is 4.57 Å². The molecule has 10 nitrogen and oxygen atoms in total. The molecule has 3 aliphatic rings. The van der Waals surface area contributed by atoms with Gasteiger partial charge in [0.2, 0.25) is 5.95 Å². The molecular weight excluding hydrogens is 600 g/mol. The summed E-state index contributed by atoms with van der Waals surface area (Å²) in [6.45, 7) is 4.93. The number of hydrogen-bond donors (Lipinski definition) is 1. The summed E-state index contributed by atoms with van der Waals surface area (Å²) in [5, 5.41) is 3.52. The van der Waals surface area contributed by atoms with Gasteiger partial charge in [0.25, 0.3) is 6.43 Å². The van der Waals surface area contributed by atoms with Crippen LogP contribution in [0, 0.1) is 5.92 Å². The van der Waals surface area contributed by atoms with Crippen molar-refractivity contribution in [2.24, 2.45) is 5.92 Å². The fourth-order valence-corrected chi connectivity index (χ4v) is 8.10. The van der Waals surface area contributed by atoms with Crippen LogP contribution in [0.3, 0.4) is 0 Å². The average molecular weight is 640 g/mol. The molecule has 1 saturated carbocycles. The molecule has 0 spiro atoms. The summed E-state index contributed by atoms with van der Waals surface area (Å²) in [6.07, 6.45) is 2.80. The van der Waals surface area contributed by atoms with Crippen LogP contribution in [-0.2, 0) is 14.6 Å². The van der Waals surface area contributed by atoms with Crippen LogP contribution in [0.25, 0.3) is 16.9 Å². The van der Waals surface area contributed by atoms with Crippen molar-refractivity contribution in [3.8, 4) is 5.82 Å².